The van der Waals surface area contributed by atoms with Crippen molar-refractivity contribution in [3.63, 3.8) is 0 Å². The van der Waals surface area contributed by atoms with Crippen molar-refractivity contribution in [3.05, 3.63) is 90.0 Å². The predicted molar refractivity (Wildman–Crippen MR) is 187 cm³/mol. The molecule has 238 valence electrons. The van der Waals surface area contributed by atoms with Gasteiger partial charge in [0.05, 0.1) is 12.5 Å². The molecule has 0 aliphatic rings. The van der Waals surface area contributed by atoms with Crippen LogP contribution in [-0.4, -0.2) is 4.98 Å². The number of aromatic nitrogens is 2. The van der Waals surface area contributed by atoms with Crippen molar-refractivity contribution in [1.82, 2.24) is 4.98 Å². The third-order valence-corrected chi connectivity index (χ3v) is 9.84. The molecule has 3 aromatic rings. The molecule has 0 spiro atoms. The first kappa shape index (κ1) is 35.1. The average Bonchev–Trinajstić information content (AvgIpc) is 3.50. The molecule has 43 heavy (non-hydrogen) atoms. The van der Waals surface area contributed by atoms with Crippen LogP contribution in [0, 0.1) is 0 Å². The molecule has 0 bridgehead atoms. The zero-order chi connectivity index (χ0) is 30.4. The summed E-state index contributed by atoms with van der Waals surface area (Å²) in [5, 5.41) is 0. The summed E-state index contributed by atoms with van der Waals surface area (Å²) in [6.45, 7) is 8.26. The van der Waals surface area contributed by atoms with Gasteiger partial charge in [0.2, 0.25) is 0 Å². The van der Waals surface area contributed by atoms with Crippen LogP contribution in [0.2, 0.25) is 0 Å². The van der Waals surface area contributed by atoms with E-state index in [9.17, 15) is 0 Å². The van der Waals surface area contributed by atoms with Gasteiger partial charge in [0.15, 0.2) is 0 Å². The minimum absolute atomic E-state index is 0.0119. The molecule has 3 rings (SSSR count). The van der Waals surface area contributed by atoms with Gasteiger partial charge in [0, 0.05) is 5.41 Å². The van der Waals surface area contributed by atoms with Crippen molar-refractivity contribution in [2.24, 2.45) is 0 Å². The Morgan fingerprint density at radius 3 is 1.65 bits per heavy atom. The smallest absolute Gasteiger partial charge is 0.247 e. The Hall–Kier alpha value is -2.35. The fraction of sp³-hybridized carbons (Fsp3) is 0.634. The van der Waals surface area contributed by atoms with Gasteiger partial charge in [-0.25, -0.2) is 9.55 Å². The maximum absolute atomic E-state index is 3.76. The Bertz CT molecular complexity index is 1060. The summed E-state index contributed by atoms with van der Waals surface area (Å²) in [6, 6.07) is 22.5. The van der Waals surface area contributed by atoms with E-state index in [2.05, 4.69) is 103 Å². The maximum Gasteiger partial charge on any atom is 0.258 e. The molecule has 0 saturated carbocycles. The van der Waals surface area contributed by atoms with Crippen LogP contribution in [0.3, 0.4) is 0 Å². The van der Waals surface area contributed by atoms with Gasteiger partial charge in [-0.15, -0.1) is 0 Å². The molecule has 2 atom stereocenters. The van der Waals surface area contributed by atoms with Crippen LogP contribution in [0.25, 0.3) is 0 Å². The summed E-state index contributed by atoms with van der Waals surface area (Å²) in [6.07, 6.45) is 31.8. The fourth-order valence-corrected chi connectivity index (χ4v) is 7.15. The fourth-order valence-electron chi connectivity index (χ4n) is 7.15. The molecule has 0 fully saturated rings. The summed E-state index contributed by atoms with van der Waals surface area (Å²) in [5.41, 5.74) is 2.89. The third kappa shape index (κ3) is 12.7. The van der Waals surface area contributed by atoms with E-state index in [0.29, 0.717) is 5.92 Å². The summed E-state index contributed by atoms with van der Waals surface area (Å²) >= 11 is 0. The molecule has 0 aliphatic heterocycles. The summed E-state index contributed by atoms with van der Waals surface area (Å²) in [4.78, 5) is 3.76. The van der Waals surface area contributed by atoms with E-state index in [0.717, 1.165) is 13.0 Å². The van der Waals surface area contributed by atoms with E-state index in [1.807, 2.05) is 0 Å². The number of hydrogen-bond donors (Lipinski definition) is 1. The highest BCUT2D eigenvalue weighted by atomic mass is 15.1. The molecule has 0 aliphatic carbocycles. The number of rotatable bonds is 25. The quantitative estimate of drug-likeness (QED) is 0.0753. The van der Waals surface area contributed by atoms with E-state index in [4.69, 9.17) is 0 Å². The van der Waals surface area contributed by atoms with Crippen molar-refractivity contribution in [2.45, 2.75) is 167 Å². The predicted octanol–water partition coefficient (Wildman–Crippen LogP) is 12.0. The molecule has 1 N–H and O–H groups in total. The van der Waals surface area contributed by atoms with Crippen LogP contribution in [0.5, 0.6) is 0 Å². The second kappa shape index (κ2) is 21.4. The summed E-state index contributed by atoms with van der Waals surface area (Å²) < 4.78 is 2.56. The highest BCUT2D eigenvalue weighted by molar-refractivity contribution is 5.32. The lowest BCUT2D eigenvalue weighted by molar-refractivity contribution is -0.705. The van der Waals surface area contributed by atoms with Gasteiger partial charge in [-0.2, -0.15) is 0 Å². The second-order valence-corrected chi connectivity index (χ2v) is 13.5. The van der Waals surface area contributed by atoms with E-state index < -0.39 is 0 Å². The molecule has 1 aromatic heterocycles. The molecule has 0 saturated heterocycles. The number of nitrogens with one attached hydrogen (secondary N) is 1. The van der Waals surface area contributed by atoms with Gasteiger partial charge in [-0.05, 0) is 36.8 Å². The Balaban J connectivity index is 1.51. The number of imidazole rings is 1. The number of unbranched alkanes of at least 4 members (excludes halogenated alkanes) is 16. The van der Waals surface area contributed by atoms with Crippen LogP contribution < -0.4 is 4.57 Å². The van der Waals surface area contributed by atoms with Gasteiger partial charge in [0.25, 0.3) is 5.82 Å². The number of aromatic amines is 1. The van der Waals surface area contributed by atoms with E-state index >= 15 is 0 Å². The standard InChI is InChI=1S/C41H64N2/c1-4-6-8-9-10-11-12-13-14-15-16-17-18-19-27-34-43-35-33-42-40(43)39(32-22-7-5-2)41(3,38-30-25-21-26-31-38)36-37-28-23-20-24-29-37/h20-21,23-26,28-31,33,35,39H,4-19,22,27,32,34,36H2,1-3H3/p+1. The van der Waals surface area contributed by atoms with Crippen molar-refractivity contribution in [3.8, 4) is 0 Å². The van der Waals surface area contributed by atoms with Crippen molar-refractivity contribution in [2.75, 3.05) is 0 Å². The van der Waals surface area contributed by atoms with Crippen molar-refractivity contribution in [1.29, 1.82) is 0 Å². The zero-order valence-corrected chi connectivity index (χ0v) is 28.3. The number of aryl methyl sites for hydroxylation is 1. The van der Waals surface area contributed by atoms with E-state index in [1.54, 1.807) is 0 Å². The van der Waals surface area contributed by atoms with Crippen LogP contribution in [0.15, 0.2) is 73.1 Å². The lowest BCUT2D eigenvalue weighted by Crippen LogP contribution is -2.43. The lowest BCUT2D eigenvalue weighted by atomic mass is 9.66. The topological polar surface area (TPSA) is 19.7 Å². The van der Waals surface area contributed by atoms with Gasteiger partial charge in [-0.3, -0.25) is 0 Å². The zero-order valence-electron chi connectivity index (χ0n) is 28.3. The molecular formula is C41H65N2+. The SMILES string of the molecule is CCCCCCCCCCCCCCCCC[n+]1cc[nH]c1C(CCCCC)C(C)(Cc1ccccc1)c1ccccc1. The minimum atomic E-state index is 0.0119. The van der Waals surface area contributed by atoms with Crippen LogP contribution >= 0.6 is 0 Å². The van der Waals surface area contributed by atoms with Gasteiger partial charge >= 0.3 is 0 Å². The molecule has 2 unspecified atom stereocenters. The first-order valence-electron chi connectivity index (χ1n) is 18.3. The van der Waals surface area contributed by atoms with Gasteiger partial charge in [0.1, 0.15) is 12.4 Å². The Kier molecular flexibility index (Phi) is 17.5. The Morgan fingerprint density at radius 1 is 0.605 bits per heavy atom. The Labute approximate surface area is 266 Å². The number of H-pyrrole nitrogens is 1. The Morgan fingerprint density at radius 2 is 1.09 bits per heavy atom. The van der Waals surface area contributed by atoms with Crippen molar-refractivity contribution < 1.29 is 4.57 Å². The van der Waals surface area contributed by atoms with Crippen molar-refractivity contribution >= 4 is 0 Å². The molecule has 2 nitrogen and oxygen atoms in total. The molecular weight excluding hydrogens is 520 g/mol. The normalized spacial score (nSPS) is 13.7. The molecule has 0 radical (unpaired) electrons. The monoisotopic (exact) mass is 586 g/mol. The first-order valence-corrected chi connectivity index (χ1v) is 18.3. The highest BCUT2D eigenvalue weighted by Gasteiger charge is 2.41. The van der Waals surface area contributed by atoms with E-state index in [1.165, 1.54) is 139 Å². The van der Waals surface area contributed by atoms with Crippen LogP contribution in [-0.2, 0) is 18.4 Å². The molecule has 1 heterocycles. The lowest BCUT2D eigenvalue weighted by Gasteiger charge is -2.37. The maximum atomic E-state index is 3.76. The van der Waals surface area contributed by atoms with Gasteiger partial charge < -0.3 is 0 Å². The number of hydrogen-bond acceptors (Lipinski definition) is 0. The van der Waals surface area contributed by atoms with Gasteiger partial charge in [-0.1, -0.05) is 184 Å². The van der Waals surface area contributed by atoms with E-state index in [-0.39, 0.29) is 5.41 Å². The molecule has 2 heteroatoms. The molecule has 2 aromatic carbocycles. The first-order chi connectivity index (χ1) is 21.2. The van der Waals surface area contributed by atoms with Crippen LogP contribution in [0.1, 0.15) is 166 Å². The minimum Gasteiger partial charge on any atom is -0.247 e. The second-order valence-electron chi connectivity index (χ2n) is 13.5. The highest BCUT2D eigenvalue weighted by Crippen LogP contribution is 2.43. The third-order valence-electron chi connectivity index (χ3n) is 9.84. The molecule has 0 amide bonds. The number of nitrogens with zero attached hydrogens (tertiary/aromatic N) is 1. The average molecular weight is 586 g/mol. The number of benzene rings is 2. The largest absolute Gasteiger partial charge is 0.258 e. The summed E-state index contributed by atoms with van der Waals surface area (Å²) in [7, 11) is 0. The van der Waals surface area contributed by atoms with Crippen LogP contribution in [0.4, 0.5) is 0 Å². The summed E-state index contributed by atoms with van der Waals surface area (Å²) in [5.74, 6) is 1.86.